The van der Waals surface area contributed by atoms with Crippen molar-refractivity contribution in [3.8, 4) is 0 Å². The Morgan fingerprint density at radius 1 is 1.04 bits per heavy atom. The van der Waals surface area contributed by atoms with E-state index < -0.39 is 0 Å². The Labute approximate surface area is 144 Å². The lowest BCUT2D eigenvalue weighted by Crippen LogP contribution is -2.57. The fourth-order valence-electron chi connectivity index (χ4n) is 3.54. The average Bonchev–Trinajstić information content (AvgIpc) is 2.97. The molecule has 0 aromatic heterocycles. The largest absolute Gasteiger partial charge is 0.345 e. The summed E-state index contributed by atoms with van der Waals surface area (Å²) in [5.41, 5.74) is 0. The number of aliphatic hydroxyl groups is 1. The third-order valence-corrected chi connectivity index (χ3v) is 5.18. The van der Waals surface area contributed by atoms with E-state index in [1.807, 2.05) is 13.1 Å². The SMILES string of the molecule is CCC/C=C/CCCCCCCCC1NC=C[N+]1(CC)C(C)O. The molecule has 0 saturated heterocycles. The topological polar surface area (TPSA) is 32.3 Å². The van der Waals surface area contributed by atoms with Gasteiger partial charge in [0.15, 0.2) is 12.4 Å². The fraction of sp³-hybridized carbons (Fsp3) is 0.800. The molecule has 1 rings (SSSR count). The number of quaternary nitrogens is 1. The molecule has 0 radical (unpaired) electrons. The lowest BCUT2D eigenvalue weighted by molar-refractivity contribution is -0.942. The van der Waals surface area contributed by atoms with Crippen LogP contribution in [0, 0.1) is 0 Å². The summed E-state index contributed by atoms with van der Waals surface area (Å²) in [6, 6.07) is 0. The molecule has 0 bridgehead atoms. The third kappa shape index (κ3) is 6.68. The lowest BCUT2D eigenvalue weighted by atomic mass is 10.1. The second kappa shape index (κ2) is 11.7. The highest BCUT2D eigenvalue weighted by Gasteiger charge is 2.40. The van der Waals surface area contributed by atoms with Crippen LogP contribution in [0.3, 0.4) is 0 Å². The summed E-state index contributed by atoms with van der Waals surface area (Å²) in [5.74, 6) is 0. The molecule has 0 aromatic carbocycles. The van der Waals surface area contributed by atoms with Gasteiger partial charge in [0.25, 0.3) is 0 Å². The van der Waals surface area contributed by atoms with Crippen molar-refractivity contribution in [3.63, 3.8) is 0 Å². The highest BCUT2D eigenvalue weighted by Crippen LogP contribution is 2.25. The Morgan fingerprint density at radius 3 is 2.35 bits per heavy atom. The molecular weight excluding hydrogens is 284 g/mol. The van der Waals surface area contributed by atoms with Crippen LogP contribution in [0.5, 0.6) is 0 Å². The van der Waals surface area contributed by atoms with Crippen molar-refractivity contribution in [2.24, 2.45) is 0 Å². The molecule has 0 saturated carbocycles. The number of aliphatic hydroxyl groups excluding tert-OH is 1. The Morgan fingerprint density at radius 2 is 1.70 bits per heavy atom. The molecule has 3 nitrogen and oxygen atoms in total. The minimum absolute atomic E-state index is 0.336. The fourth-order valence-corrected chi connectivity index (χ4v) is 3.54. The molecule has 0 fully saturated rings. The van der Waals surface area contributed by atoms with Gasteiger partial charge in [-0.25, -0.2) is 0 Å². The number of hydrogen-bond donors (Lipinski definition) is 2. The molecule has 1 heterocycles. The number of allylic oxidation sites excluding steroid dienone is 2. The zero-order valence-electron chi connectivity index (χ0n) is 15.6. The van der Waals surface area contributed by atoms with Crippen molar-refractivity contribution in [3.05, 3.63) is 24.6 Å². The highest BCUT2D eigenvalue weighted by molar-refractivity contribution is 4.84. The Balaban J connectivity index is 2.05. The molecule has 1 aliphatic rings. The summed E-state index contributed by atoms with van der Waals surface area (Å²) in [4.78, 5) is 0. The van der Waals surface area contributed by atoms with Crippen LogP contribution >= 0.6 is 0 Å². The van der Waals surface area contributed by atoms with Gasteiger partial charge in [-0.05, 0) is 32.6 Å². The first-order valence-corrected chi connectivity index (χ1v) is 9.81. The number of nitrogens with zero attached hydrogens (tertiary/aromatic N) is 1. The molecule has 2 N–H and O–H groups in total. The van der Waals surface area contributed by atoms with Crippen LogP contribution in [0.15, 0.2) is 24.6 Å². The Hall–Kier alpha value is -0.800. The van der Waals surface area contributed by atoms with Gasteiger partial charge in [-0.1, -0.05) is 51.2 Å². The van der Waals surface area contributed by atoms with Crippen LogP contribution in [0.2, 0.25) is 0 Å². The molecule has 23 heavy (non-hydrogen) atoms. The van der Waals surface area contributed by atoms with Crippen molar-refractivity contribution < 1.29 is 9.59 Å². The maximum atomic E-state index is 10.1. The molecule has 134 valence electrons. The smallest absolute Gasteiger partial charge is 0.193 e. The minimum atomic E-state index is -0.336. The molecule has 0 aromatic rings. The van der Waals surface area contributed by atoms with Crippen LogP contribution in [-0.4, -0.2) is 28.5 Å². The summed E-state index contributed by atoms with van der Waals surface area (Å²) in [7, 11) is 0. The maximum Gasteiger partial charge on any atom is 0.193 e. The van der Waals surface area contributed by atoms with E-state index in [1.54, 1.807) is 0 Å². The predicted octanol–water partition coefficient (Wildman–Crippen LogP) is 5.04. The summed E-state index contributed by atoms with van der Waals surface area (Å²) in [6.45, 7) is 7.23. The summed E-state index contributed by atoms with van der Waals surface area (Å²) >= 11 is 0. The van der Waals surface area contributed by atoms with Crippen LogP contribution < -0.4 is 5.32 Å². The first kappa shape index (κ1) is 20.2. The maximum absolute atomic E-state index is 10.1. The lowest BCUT2D eigenvalue weighted by Gasteiger charge is -2.39. The number of nitrogens with one attached hydrogen (secondary N) is 1. The standard InChI is InChI=1S/C20H39N2O/c1-4-6-7-8-9-10-11-12-13-14-15-16-20-21-17-18-22(20,5-2)19(3)23/h7-8,17-21,23H,4-6,9-16H2,1-3H3/q+1/b8-7+. The zero-order valence-corrected chi connectivity index (χ0v) is 15.6. The van der Waals surface area contributed by atoms with E-state index in [1.165, 1.54) is 57.8 Å². The normalized spacial score (nSPS) is 25.1. The molecule has 0 aliphatic carbocycles. The summed E-state index contributed by atoms with van der Waals surface area (Å²) in [5, 5.41) is 13.6. The average molecular weight is 324 g/mol. The van der Waals surface area contributed by atoms with Gasteiger partial charge in [-0.15, -0.1) is 0 Å². The predicted molar refractivity (Wildman–Crippen MR) is 99.5 cm³/mol. The van der Waals surface area contributed by atoms with E-state index in [4.69, 9.17) is 0 Å². The third-order valence-electron chi connectivity index (χ3n) is 5.18. The molecule has 1 aliphatic heterocycles. The zero-order chi connectivity index (χ0) is 17.0. The molecule has 0 amide bonds. The quantitative estimate of drug-likeness (QED) is 0.283. The second-order valence-corrected chi connectivity index (χ2v) is 6.90. The van der Waals surface area contributed by atoms with Gasteiger partial charge >= 0.3 is 0 Å². The van der Waals surface area contributed by atoms with Gasteiger partial charge in [-0.3, -0.25) is 4.48 Å². The van der Waals surface area contributed by atoms with Crippen LogP contribution in [-0.2, 0) is 0 Å². The van der Waals surface area contributed by atoms with Crippen LogP contribution in [0.4, 0.5) is 0 Å². The van der Waals surface area contributed by atoms with Crippen molar-refractivity contribution in [2.45, 2.75) is 97.4 Å². The van der Waals surface area contributed by atoms with Crippen LogP contribution in [0.1, 0.15) is 85.0 Å². The van der Waals surface area contributed by atoms with Crippen molar-refractivity contribution in [2.75, 3.05) is 6.54 Å². The van der Waals surface area contributed by atoms with Crippen molar-refractivity contribution >= 4 is 0 Å². The van der Waals surface area contributed by atoms with E-state index >= 15 is 0 Å². The van der Waals surface area contributed by atoms with Gasteiger partial charge in [-0.2, -0.15) is 0 Å². The van der Waals surface area contributed by atoms with Gasteiger partial charge in [0.05, 0.1) is 12.7 Å². The monoisotopic (exact) mass is 323 g/mol. The highest BCUT2D eigenvalue weighted by atomic mass is 16.3. The number of unbranched alkanes of at least 4 members (excludes halogenated alkanes) is 7. The van der Waals surface area contributed by atoms with E-state index in [0.29, 0.717) is 10.6 Å². The minimum Gasteiger partial charge on any atom is -0.345 e. The summed E-state index contributed by atoms with van der Waals surface area (Å²) < 4.78 is 0.671. The first-order valence-electron chi connectivity index (χ1n) is 9.81. The first-order chi connectivity index (χ1) is 11.2. The molecule has 0 spiro atoms. The number of rotatable bonds is 13. The van der Waals surface area contributed by atoms with E-state index in [9.17, 15) is 5.11 Å². The second-order valence-electron chi connectivity index (χ2n) is 6.90. The van der Waals surface area contributed by atoms with Crippen molar-refractivity contribution in [1.82, 2.24) is 5.32 Å². The van der Waals surface area contributed by atoms with Gasteiger partial charge in [0, 0.05) is 13.3 Å². The van der Waals surface area contributed by atoms with E-state index in [0.717, 1.165) is 13.0 Å². The van der Waals surface area contributed by atoms with E-state index in [-0.39, 0.29) is 6.23 Å². The van der Waals surface area contributed by atoms with Gasteiger partial charge in [0.2, 0.25) is 0 Å². The summed E-state index contributed by atoms with van der Waals surface area (Å²) in [6.07, 6.45) is 21.7. The molecule has 3 atom stereocenters. The Kier molecular flexibility index (Phi) is 10.3. The van der Waals surface area contributed by atoms with E-state index in [2.05, 4.69) is 37.5 Å². The van der Waals surface area contributed by atoms with Crippen LogP contribution in [0.25, 0.3) is 0 Å². The molecule has 3 heteroatoms. The van der Waals surface area contributed by atoms with Gasteiger partial charge < -0.3 is 10.4 Å². The van der Waals surface area contributed by atoms with Gasteiger partial charge in [0.1, 0.15) is 6.20 Å². The molecule has 3 unspecified atom stereocenters. The molecular formula is C20H39N2O+. The van der Waals surface area contributed by atoms with Crippen molar-refractivity contribution in [1.29, 1.82) is 0 Å². The Bertz CT molecular complexity index is 352. The number of hydrogen-bond acceptors (Lipinski definition) is 2.